The zero-order valence-electron chi connectivity index (χ0n) is 25.3. The van der Waals surface area contributed by atoms with Crippen LogP contribution in [0.1, 0.15) is 113 Å². The molecule has 0 saturated heterocycles. The van der Waals surface area contributed by atoms with E-state index in [1.165, 1.54) is 24.6 Å². The molecule has 41 heavy (non-hydrogen) atoms. The third-order valence-electron chi connectivity index (χ3n) is 12.3. The fourth-order valence-electron chi connectivity index (χ4n) is 9.24. The quantitative estimate of drug-likeness (QED) is 0.392. The smallest absolute Gasteiger partial charge is 0.291 e. The largest absolute Gasteiger partial charge is 0.416 e. The minimum absolute atomic E-state index is 0.0316. The second kappa shape index (κ2) is 8.32. The van der Waals surface area contributed by atoms with Gasteiger partial charge in [-0.3, -0.25) is 24.1 Å². The van der Waals surface area contributed by atoms with Crippen LogP contribution in [-0.2, 0) is 37.6 Å². The van der Waals surface area contributed by atoms with Crippen LogP contribution in [0.5, 0.6) is 0 Å². The highest BCUT2D eigenvalue weighted by Crippen LogP contribution is 2.67. The molecule has 2 aromatic heterocycles. The summed E-state index contributed by atoms with van der Waals surface area (Å²) in [6.07, 6.45) is 0.0395. The van der Waals surface area contributed by atoms with Gasteiger partial charge in [-0.2, -0.15) is 13.2 Å². The van der Waals surface area contributed by atoms with Crippen LogP contribution in [0.2, 0.25) is 0 Å². The van der Waals surface area contributed by atoms with Gasteiger partial charge in [-0.25, -0.2) is 4.68 Å². The molecule has 7 rings (SSSR count). The highest BCUT2D eigenvalue weighted by Gasteiger charge is 2.63. The zero-order chi connectivity index (χ0) is 30.1. The summed E-state index contributed by atoms with van der Waals surface area (Å²) >= 11 is 0. The Hall–Kier alpha value is -2.97. The maximum atomic E-state index is 13.1. The van der Waals surface area contributed by atoms with Crippen molar-refractivity contribution >= 4 is 0 Å². The van der Waals surface area contributed by atoms with E-state index in [0.29, 0.717) is 11.5 Å². The number of aryl methyl sites for hydroxylation is 1. The molecule has 4 aliphatic rings. The van der Waals surface area contributed by atoms with E-state index in [4.69, 9.17) is 0 Å². The van der Waals surface area contributed by atoms with Crippen molar-refractivity contribution in [3.8, 4) is 0 Å². The standard InChI is InChI=1S/C20H23F3N2O.C12H18N2O/c1-18(2)14-8-9-19(18,3)16-15(14)17(26)25(24(16)4)11-12-6-5-7-13(10-12)20(21,22)23;1-11(2)7-5-6-12(11,3)9-8(7)10(15)13-14(9)4/h5-7,10,14H,8-9,11H2,1-4H3;7H,5-6H2,1-4H3,(H,13,15)/t14-,19+;7-,12+/m11/s1. The van der Waals surface area contributed by atoms with Crippen molar-refractivity contribution in [3.05, 3.63) is 78.6 Å². The molecule has 2 heterocycles. The molecule has 2 fully saturated rings. The number of nitrogens with zero attached hydrogens (tertiary/aromatic N) is 3. The van der Waals surface area contributed by atoms with Gasteiger partial charge in [0.05, 0.1) is 17.8 Å². The van der Waals surface area contributed by atoms with Gasteiger partial charge in [-0.15, -0.1) is 0 Å². The fraction of sp³-hybridized carbons (Fsp3) is 0.625. The maximum absolute atomic E-state index is 13.1. The van der Waals surface area contributed by atoms with Crippen molar-refractivity contribution in [1.29, 1.82) is 0 Å². The van der Waals surface area contributed by atoms with Crippen molar-refractivity contribution in [2.45, 2.75) is 103 Å². The Balaban J connectivity index is 0.000000170. The molecule has 0 radical (unpaired) electrons. The van der Waals surface area contributed by atoms with Crippen LogP contribution in [0.3, 0.4) is 0 Å². The molecule has 2 saturated carbocycles. The van der Waals surface area contributed by atoms with Gasteiger partial charge in [0, 0.05) is 41.7 Å². The summed E-state index contributed by atoms with van der Waals surface area (Å²) in [5.74, 6) is 0.686. The molecule has 0 unspecified atom stereocenters. The first-order valence-electron chi connectivity index (χ1n) is 14.6. The van der Waals surface area contributed by atoms with E-state index < -0.39 is 11.7 Å². The van der Waals surface area contributed by atoms with Crippen LogP contribution in [-0.4, -0.2) is 19.1 Å². The summed E-state index contributed by atoms with van der Waals surface area (Å²) in [4.78, 5) is 25.0. The topological polar surface area (TPSA) is 64.7 Å². The highest BCUT2D eigenvalue weighted by molar-refractivity contribution is 5.46. The number of rotatable bonds is 2. The third kappa shape index (κ3) is 3.43. The molecule has 0 aliphatic heterocycles. The van der Waals surface area contributed by atoms with Crippen molar-refractivity contribution in [2.75, 3.05) is 0 Å². The number of aromatic nitrogens is 4. The van der Waals surface area contributed by atoms with E-state index in [9.17, 15) is 22.8 Å². The van der Waals surface area contributed by atoms with Crippen LogP contribution in [0.25, 0.3) is 0 Å². The molecule has 1 aromatic carbocycles. The molecular weight excluding hydrogens is 529 g/mol. The number of H-pyrrole nitrogens is 1. The summed E-state index contributed by atoms with van der Waals surface area (Å²) in [6, 6.07) is 5.22. The molecule has 4 atom stereocenters. The lowest BCUT2D eigenvalue weighted by Gasteiger charge is -2.36. The average molecular weight is 571 g/mol. The Morgan fingerprint density at radius 1 is 0.878 bits per heavy atom. The van der Waals surface area contributed by atoms with Gasteiger partial charge in [-0.1, -0.05) is 53.7 Å². The number of hydrogen-bond donors (Lipinski definition) is 1. The van der Waals surface area contributed by atoms with Crippen molar-refractivity contribution in [2.24, 2.45) is 24.9 Å². The Morgan fingerprint density at radius 2 is 1.44 bits per heavy atom. The molecule has 222 valence electrons. The Morgan fingerprint density at radius 3 is 1.98 bits per heavy atom. The lowest BCUT2D eigenvalue weighted by Crippen LogP contribution is -2.35. The molecule has 0 spiro atoms. The lowest BCUT2D eigenvalue weighted by atomic mass is 9.70. The molecule has 1 N–H and O–H groups in total. The van der Waals surface area contributed by atoms with Gasteiger partial charge in [0.1, 0.15) is 0 Å². The maximum Gasteiger partial charge on any atom is 0.416 e. The Bertz CT molecular complexity index is 1680. The van der Waals surface area contributed by atoms with Crippen molar-refractivity contribution in [3.63, 3.8) is 0 Å². The van der Waals surface area contributed by atoms with Crippen LogP contribution < -0.4 is 11.1 Å². The second-order valence-corrected chi connectivity index (χ2v) is 14.4. The van der Waals surface area contributed by atoms with E-state index in [0.717, 1.165) is 41.8 Å². The summed E-state index contributed by atoms with van der Waals surface area (Å²) < 4.78 is 44.3. The minimum atomic E-state index is -4.38. The van der Waals surface area contributed by atoms with E-state index in [1.54, 1.807) is 10.7 Å². The van der Waals surface area contributed by atoms with E-state index >= 15 is 0 Å². The van der Waals surface area contributed by atoms with Crippen LogP contribution in [0, 0.1) is 10.8 Å². The second-order valence-electron chi connectivity index (χ2n) is 14.4. The summed E-state index contributed by atoms with van der Waals surface area (Å²) in [5.41, 5.74) is 4.53. The number of benzene rings is 1. The Labute approximate surface area is 238 Å². The van der Waals surface area contributed by atoms with Gasteiger partial charge >= 0.3 is 6.18 Å². The van der Waals surface area contributed by atoms with Gasteiger partial charge < -0.3 is 0 Å². The number of nitrogens with one attached hydrogen (secondary N) is 1. The van der Waals surface area contributed by atoms with Crippen LogP contribution >= 0.6 is 0 Å². The molecule has 6 nitrogen and oxygen atoms in total. The predicted octanol–water partition coefficient (Wildman–Crippen LogP) is 6.32. The van der Waals surface area contributed by atoms with E-state index in [2.05, 4.69) is 46.6 Å². The highest BCUT2D eigenvalue weighted by atomic mass is 19.4. The normalized spacial score (nSPS) is 29.8. The number of halogens is 3. The SMILES string of the molecule is Cn1[nH]c(=O)c2c1[C@]1(C)CC[C@H]2C1(C)C.Cn1c2c(c(=O)n1Cc1cccc(C(F)(F)F)c1)[C@H]1CC[C@]2(C)C1(C)C. The average Bonchev–Trinajstić information content (AvgIpc) is 3.57. The fourth-order valence-corrected chi connectivity index (χ4v) is 9.24. The lowest BCUT2D eigenvalue weighted by molar-refractivity contribution is -0.137. The summed E-state index contributed by atoms with van der Waals surface area (Å²) in [5, 5.41) is 2.90. The van der Waals surface area contributed by atoms with E-state index in [1.807, 2.05) is 23.5 Å². The zero-order valence-corrected chi connectivity index (χ0v) is 25.3. The van der Waals surface area contributed by atoms with Crippen LogP contribution in [0.4, 0.5) is 13.2 Å². The third-order valence-corrected chi connectivity index (χ3v) is 12.3. The number of hydrogen-bond acceptors (Lipinski definition) is 2. The molecule has 0 amide bonds. The molecular formula is C32H41F3N4O2. The first-order valence-corrected chi connectivity index (χ1v) is 14.6. The van der Waals surface area contributed by atoms with Crippen LogP contribution in [0.15, 0.2) is 33.9 Å². The van der Waals surface area contributed by atoms with Gasteiger partial charge in [-0.05, 0) is 66.0 Å². The van der Waals surface area contributed by atoms with Gasteiger partial charge in [0.25, 0.3) is 11.1 Å². The van der Waals surface area contributed by atoms with Crippen molar-refractivity contribution < 1.29 is 13.2 Å². The Kier molecular flexibility index (Phi) is 5.71. The number of alkyl halides is 3. The number of fused-ring (bicyclic) bond motifs is 10. The predicted molar refractivity (Wildman–Crippen MR) is 152 cm³/mol. The molecule has 4 aliphatic carbocycles. The summed E-state index contributed by atoms with van der Waals surface area (Å²) in [7, 11) is 3.82. The molecule has 3 aromatic rings. The first-order chi connectivity index (χ1) is 18.9. The molecule has 4 bridgehead atoms. The van der Waals surface area contributed by atoms with Gasteiger partial charge in [0.15, 0.2) is 0 Å². The number of aromatic amines is 1. The van der Waals surface area contributed by atoms with E-state index in [-0.39, 0.29) is 45.2 Å². The van der Waals surface area contributed by atoms with Crippen molar-refractivity contribution in [1.82, 2.24) is 19.1 Å². The van der Waals surface area contributed by atoms with Gasteiger partial charge in [0.2, 0.25) is 0 Å². The molecule has 9 heteroatoms. The first kappa shape index (κ1) is 28.2. The summed E-state index contributed by atoms with van der Waals surface area (Å²) in [6.45, 7) is 13.7. The monoisotopic (exact) mass is 570 g/mol. The minimum Gasteiger partial charge on any atom is -0.291 e.